The number of halogens is 1. The maximum atomic E-state index is 12.3. The third kappa shape index (κ3) is 3.86. The summed E-state index contributed by atoms with van der Waals surface area (Å²) in [5.74, 6) is 0.619. The topological polar surface area (TPSA) is 67.0 Å². The lowest BCUT2D eigenvalue weighted by atomic mass is 10.1. The molecule has 1 heterocycles. The summed E-state index contributed by atoms with van der Waals surface area (Å²) in [6, 6.07) is 17.3. The highest BCUT2D eigenvalue weighted by atomic mass is 35.5. The number of benzene rings is 3. The second-order valence-electron chi connectivity index (χ2n) is 5.94. The Kier molecular flexibility index (Phi) is 4.92. The SMILES string of the molecule is COc1ccc(Cl)cc1NC(=O)CSc1nc2cc3ccccc3cc2[nH]1. The summed E-state index contributed by atoms with van der Waals surface area (Å²) < 4.78 is 5.24. The molecule has 136 valence electrons. The number of aromatic nitrogens is 2. The Balaban J connectivity index is 1.47. The van der Waals surface area contributed by atoms with Gasteiger partial charge in [0.05, 0.1) is 29.6 Å². The molecule has 3 aromatic carbocycles. The Morgan fingerprint density at radius 2 is 1.96 bits per heavy atom. The number of amides is 1. The van der Waals surface area contributed by atoms with Crippen molar-refractivity contribution in [3.05, 3.63) is 59.6 Å². The van der Waals surface area contributed by atoms with Crippen molar-refractivity contribution in [2.75, 3.05) is 18.2 Å². The standard InChI is InChI=1S/C20H16ClN3O2S/c1-26-18-7-6-14(21)10-17(18)22-19(25)11-27-20-23-15-8-12-4-2-3-5-13(12)9-16(15)24-20/h2-10H,11H2,1H3,(H,22,25)(H,23,24). The van der Waals surface area contributed by atoms with Gasteiger partial charge in [-0.05, 0) is 41.1 Å². The average molecular weight is 398 g/mol. The first-order valence-corrected chi connectivity index (χ1v) is 9.63. The van der Waals surface area contributed by atoms with E-state index in [0.29, 0.717) is 21.6 Å². The molecule has 0 radical (unpaired) electrons. The molecule has 0 saturated heterocycles. The first-order valence-electron chi connectivity index (χ1n) is 8.27. The quantitative estimate of drug-likeness (QED) is 0.459. The highest BCUT2D eigenvalue weighted by molar-refractivity contribution is 7.99. The van der Waals surface area contributed by atoms with Crippen molar-refractivity contribution in [3.8, 4) is 5.75 Å². The predicted octanol–water partition coefficient (Wildman–Crippen LogP) is 5.11. The van der Waals surface area contributed by atoms with Gasteiger partial charge in [0.2, 0.25) is 5.91 Å². The monoisotopic (exact) mass is 397 g/mol. The van der Waals surface area contributed by atoms with Crippen LogP contribution >= 0.6 is 23.4 Å². The van der Waals surface area contributed by atoms with E-state index in [4.69, 9.17) is 16.3 Å². The summed E-state index contributed by atoms with van der Waals surface area (Å²) in [6.07, 6.45) is 0. The molecule has 0 aliphatic rings. The van der Waals surface area contributed by atoms with Crippen molar-refractivity contribution in [2.24, 2.45) is 0 Å². The van der Waals surface area contributed by atoms with Crippen molar-refractivity contribution < 1.29 is 9.53 Å². The van der Waals surface area contributed by atoms with E-state index < -0.39 is 0 Å². The molecule has 7 heteroatoms. The number of carbonyl (C=O) groups is 1. The Bertz CT molecular complexity index is 1090. The molecule has 1 aromatic heterocycles. The van der Waals surface area contributed by atoms with Crippen LogP contribution in [-0.4, -0.2) is 28.7 Å². The lowest BCUT2D eigenvalue weighted by Crippen LogP contribution is -2.14. The van der Waals surface area contributed by atoms with Gasteiger partial charge in [-0.25, -0.2) is 4.98 Å². The number of ether oxygens (including phenoxy) is 1. The van der Waals surface area contributed by atoms with Crippen LogP contribution in [0.4, 0.5) is 5.69 Å². The number of methoxy groups -OCH3 is 1. The minimum atomic E-state index is -0.161. The van der Waals surface area contributed by atoms with Crippen LogP contribution in [0, 0.1) is 0 Å². The smallest absolute Gasteiger partial charge is 0.234 e. The van der Waals surface area contributed by atoms with Gasteiger partial charge in [0.1, 0.15) is 5.75 Å². The molecular weight excluding hydrogens is 382 g/mol. The molecule has 0 unspecified atom stereocenters. The van der Waals surface area contributed by atoms with Crippen LogP contribution in [0.1, 0.15) is 0 Å². The summed E-state index contributed by atoms with van der Waals surface area (Å²) >= 11 is 7.34. The first-order chi connectivity index (χ1) is 13.1. The molecular formula is C20H16ClN3O2S. The summed E-state index contributed by atoms with van der Waals surface area (Å²) in [7, 11) is 1.55. The Morgan fingerprint density at radius 1 is 1.19 bits per heavy atom. The summed E-state index contributed by atoms with van der Waals surface area (Å²) in [6.45, 7) is 0. The Labute approximate surface area is 165 Å². The molecule has 0 atom stereocenters. The molecule has 0 aliphatic heterocycles. The zero-order valence-electron chi connectivity index (χ0n) is 14.5. The number of H-pyrrole nitrogens is 1. The molecule has 27 heavy (non-hydrogen) atoms. The number of carbonyl (C=O) groups excluding carboxylic acids is 1. The zero-order chi connectivity index (χ0) is 18.8. The van der Waals surface area contributed by atoms with Gasteiger partial charge in [-0.2, -0.15) is 0 Å². The third-order valence-corrected chi connectivity index (χ3v) is 5.21. The van der Waals surface area contributed by atoms with E-state index in [1.54, 1.807) is 25.3 Å². The predicted molar refractivity (Wildman–Crippen MR) is 111 cm³/mol. The molecule has 2 N–H and O–H groups in total. The Hall–Kier alpha value is -2.70. The minimum absolute atomic E-state index is 0.161. The second-order valence-corrected chi connectivity index (χ2v) is 7.34. The lowest BCUT2D eigenvalue weighted by Gasteiger charge is -2.10. The zero-order valence-corrected chi connectivity index (χ0v) is 16.0. The van der Waals surface area contributed by atoms with Gasteiger partial charge in [0.15, 0.2) is 5.16 Å². The molecule has 0 fully saturated rings. The largest absolute Gasteiger partial charge is 0.495 e. The van der Waals surface area contributed by atoms with E-state index in [9.17, 15) is 4.79 Å². The van der Waals surface area contributed by atoms with Crippen LogP contribution in [0.5, 0.6) is 5.75 Å². The van der Waals surface area contributed by atoms with Crippen LogP contribution in [0.25, 0.3) is 21.8 Å². The number of hydrogen-bond donors (Lipinski definition) is 2. The number of nitrogens with one attached hydrogen (secondary N) is 2. The number of aromatic amines is 1. The molecule has 1 amide bonds. The van der Waals surface area contributed by atoms with Crippen molar-refractivity contribution in [2.45, 2.75) is 5.16 Å². The van der Waals surface area contributed by atoms with Gasteiger partial charge in [0.25, 0.3) is 0 Å². The average Bonchev–Trinajstić information content (AvgIpc) is 3.06. The Morgan fingerprint density at radius 3 is 2.74 bits per heavy atom. The van der Waals surface area contributed by atoms with Gasteiger partial charge < -0.3 is 15.0 Å². The van der Waals surface area contributed by atoms with Crippen LogP contribution in [0.3, 0.4) is 0 Å². The van der Waals surface area contributed by atoms with Gasteiger partial charge in [0, 0.05) is 5.02 Å². The molecule has 0 saturated carbocycles. The summed E-state index contributed by atoms with van der Waals surface area (Å²) in [5, 5.41) is 6.34. The second kappa shape index (κ2) is 7.50. The molecule has 5 nitrogen and oxygen atoms in total. The molecule has 4 rings (SSSR count). The van der Waals surface area contributed by atoms with E-state index in [-0.39, 0.29) is 11.7 Å². The van der Waals surface area contributed by atoms with Crippen molar-refractivity contribution >= 4 is 56.8 Å². The van der Waals surface area contributed by atoms with E-state index in [1.807, 2.05) is 18.2 Å². The van der Waals surface area contributed by atoms with Gasteiger partial charge in [-0.15, -0.1) is 0 Å². The fourth-order valence-electron chi connectivity index (χ4n) is 2.84. The number of anilines is 1. The van der Waals surface area contributed by atoms with E-state index in [0.717, 1.165) is 21.8 Å². The van der Waals surface area contributed by atoms with Crippen LogP contribution in [-0.2, 0) is 4.79 Å². The van der Waals surface area contributed by atoms with Crippen molar-refractivity contribution in [1.82, 2.24) is 9.97 Å². The molecule has 0 spiro atoms. The molecule has 4 aromatic rings. The molecule has 0 aliphatic carbocycles. The summed E-state index contributed by atoms with van der Waals surface area (Å²) in [4.78, 5) is 20.1. The van der Waals surface area contributed by atoms with Gasteiger partial charge in [-0.1, -0.05) is 47.6 Å². The van der Waals surface area contributed by atoms with E-state index in [2.05, 4.69) is 33.5 Å². The van der Waals surface area contributed by atoms with Gasteiger partial charge >= 0.3 is 0 Å². The number of nitrogens with zero attached hydrogens (tertiary/aromatic N) is 1. The van der Waals surface area contributed by atoms with E-state index in [1.165, 1.54) is 11.8 Å². The maximum Gasteiger partial charge on any atom is 0.234 e. The fourth-order valence-corrected chi connectivity index (χ4v) is 3.70. The van der Waals surface area contributed by atoms with Crippen LogP contribution in [0.2, 0.25) is 5.02 Å². The van der Waals surface area contributed by atoms with E-state index >= 15 is 0 Å². The highest BCUT2D eigenvalue weighted by Crippen LogP contribution is 2.28. The number of fused-ring (bicyclic) bond motifs is 2. The van der Waals surface area contributed by atoms with Crippen LogP contribution < -0.4 is 10.1 Å². The first kappa shape index (κ1) is 17.7. The maximum absolute atomic E-state index is 12.3. The number of rotatable bonds is 5. The number of imidazole rings is 1. The normalized spacial score (nSPS) is 11.0. The fraction of sp³-hybridized carbons (Fsp3) is 0.100. The van der Waals surface area contributed by atoms with Crippen molar-refractivity contribution in [1.29, 1.82) is 0 Å². The van der Waals surface area contributed by atoms with Crippen LogP contribution in [0.15, 0.2) is 59.8 Å². The van der Waals surface area contributed by atoms with Gasteiger partial charge in [-0.3, -0.25) is 4.79 Å². The summed E-state index contributed by atoms with van der Waals surface area (Å²) in [5.41, 5.74) is 2.38. The number of hydrogen-bond acceptors (Lipinski definition) is 4. The lowest BCUT2D eigenvalue weighted by molar-refractivity contribution is -0.113. The minimum Gasteiger partial charge on any atom is -0.495 e. The number of thioether (sulfide) groups is 1. The third-order valence-electron chi connectivity index (χ3n) is 4.10. The van der Waals surface area contributed by atoms with Crippen molar-refractivity contribution in [3.63, 3.8) is 0 Å². The molecule has 0 bridgehead atoms. The highest BCUT2D eigenvalue weighted by Gasteiger charge is 2.11.